The maximum atomic E-state index is 12.6. The molecule has 0 saturated carbocycles. The molecular formula is C19H25N3O2. The number of hydrogen-bond donors (Lipinski definition) is 2. The number of H-pyrrole nitrogens is 1. The van der Waals surface area contributed by atoms with Crippen molar-refractivity contribution >= 4 is 5.91 Å². The molecule has 1 aromatic heterocycles. The Labute approximate surface area is 142 Å². The van der Waals surface area contributed by atoms with Crippen molar-refractivity contribution in [3.63, 3.8) is 0 Å². The van der Waals surface area contributed by atoms with Crippen LogP contribution in [0.5, 0.6) is 5.75 Å². The Kier molecular flexibility index (Phi) is 4.88. The van der Waals surface area contributed by atoms with E-state index >= 15 is 0 Å². The zero-order chi connectivity index (χ0) is 17.1. The Balaban J connectivity index is 1.69. The molecule has 5 heteroatoms. The van der Waals surface area contributed by atoms with Crippen molar-refractivity contribution < 1.29 is 9.53 Å². The number of ether oxygens (including phenoxy) is 1. The highest BCUT2D eigenvalue weighted by atomic mass is 16.5. The van der Waals surface area contributed by atoms with E-state index in [0.29, 0.717) is 13.0 Å². The summed E-state index contributed by atoms with van der Waals surface area (Å²) in [7, 11) is 0. The summed E-state index contributed by atoms with van der Waals surface area (Å²) in [6, 6.07) is 8.00. The lowest BCUT2D eigenvalue weighted by molar-refractivity contribution is -0.122. The molecule has 1 aromatic carbocycles. The molecule has 0 saturated heterocycles. The molecule has 0 aliphatic carbocycles. The summed E-state index contributed by atoms with van der Waals surface area (Å²) in [5.74, 6) is 1.10. The molecule has 1 aliphatic rings. The maximum absolute atomic E-state index is 12.6. The molecule has 0 fully saturated rings. The second-order valence-corrected chi connectivity index (χ2v) is 6.60. The standard InChI is InChI=1S/C19H25N3O2/c1-12(19-13(2)21-22-14(19)3)11-18(23)20-16-8-6-10-24-17-9-5-4-7-15(16)17/h4-5,7,9,12,16H,6,8,10-11H2,1-3H3,(H,20,23)(H,21,22)/t12-,16-/m0/s1. The number of fused-ring (bicyclic) bond motifs is 1. The number of benzene rings is 1. The number of rotatable bonds is 4. The molecule has 2 atom stereocenters. The number of hydrogen-bond acceptors (Lipinski definition) is 3. The summed E-state index contributed by atoms with van der Waals surface area (Å²) < 4.78 is 5.77. The van der Waals surface area contributed by atoms with Gasteiger partial charge in [-0.3, -0.25) is 9.89 Å². The van der Waals surface area contributed by atoms with Crippen LogP contribution in [0.25, 0.3) is 0 Å². The Hall–Kier alpha value is -2.30. The van der Waals surface area contributed by atoms with E-state index < -0.39 is 0 Å². The second kappa shape index (κ2) is 7.07. The van der Waals surface area contributed by atoms with Crippen molar-refractivity contribution in [2.45, 2.75) is 52.0 Å². The van der Waals surface area contributed by atoms with Crippen LogP contribution in [0.1, 0.15) is 60.7 Å². The van der Waals surface area contributed by atoms with Gasteiger partial charge in [-0.15, -0.1) is 0 Å². The normalized spacial score (nSPS) is 18.2. The third-order valence-corrected chi connectivity index (χ3v) is 4.69. The molecule has 0 radical (unpaired) electrons. The molecule has 2 N–H and O–H groups in total. The van der Waals surface area contributed by atoms with Crippen LogP contribution in [-0.2, 0) is 4.79 Å². The smallest absolute Gasteiger partial charge is 0.221 e. The zero-order valence-electron chi connectivity index (χ0n) is 14.6. The minimum Gasteiger partial charge on any atom is -0.493 e. The van der Waals surface area contributed by atoms with Crippen molar-refractivity contribution in [1.29, 1.82) is 0 Å². The summed E-state index contributed by atoms with van der Waals surface area (Å²) in [6.07, 6.45) is 2.30. The van der Waals surface area contributed by atoms with Gasteiger partial charge in [0.1, 0.15) is 5.75 Å². The van der Waals surface area contributed by atoms with Gasteiger partial charge in [0.2, 0.25) is 5.91 Å². The van der Waals surface area contributed by atoms with E-state index in [-0.39, 0.29) is 17.9 Å². The summed E-state index contributed by atoms with van der Waals surface area (Å²) in [5.41, 5.74) is 4.24. The number of amides is 1. The number of aromatic nitrogens is 2. The first kappa shape index (κ1) is 16.6. The lowest BCUT2D eigenvalue weighted by Gasteiger charge is -2.20. The van der Waals surface area contributed by atoms with Gasteiger partial charge in [-0.25, -0.2) is 0 Å². The van der Waals surface area contributed by atoms with Crippen LogP contribution in [-0.4, -0.2) is 22.7 Å². The average Bonchev–Trinajstić information content (AvgIpc) is 2.77. The molecule has 5 nitrogen and oxygen atoms in total. The fraction of sp³-hybridized carbons (Fsp3) is 0.474. The summed E-state index contributed by atoms with van der Waals surface area (Å²) >= 11 is 0. The molecule has 0 bridgehead atoms. The Morgan fingerprint density at radius 3 is 2.96 bits per heavy atom. The number of aromatic amines is 1. The number of carbonyl (C=O) groups is 1. The molecule has 1 aliphatic heterocycles. The van der Waals surface area contributed by atoms with E-state index in [4.69, 9.17) is 4.74 Å². The lowest BCUT2D eigenvalue weighted by atomic mass is 9.95. The van der Waals surface area contributed by atoms with Crippen LogP contribution >= 0.6 is 0 Å². The third kappa shape index (κ3) is 3.45. The molecule has 2 aromatic rings. The number of nitrogens with zero attached hydrogens (tertiary/aromatic N) is 1. The van der Waals surface area contributed by atoms with Gasteiger partial charge in [0.25, 0.3) is 0 Å². The topological polar surface area (TPSA) is 67.0 Å². The highest BCUT2D eigenvalue weighted by Crippen LogP contribution is 2.32. The molecule has 128 valence electrons. The minimum absolute atomic E-state index is 0.0231. The monoisotopic (exact) mass is 327 g/mol. The van der Waals surface area contributed by atoms with E-state index in [1.807, 2.05) is 38.1 Å². The molecule has 2 heterocycles. The van der Waals surface area contributed by atoms with Crippen molar-refractivity contribution in [3.05, 3.63) is 46.8 Å². The predicted octanol–water partition coefficient (Wildman–Crippen LogP) is 3.55. The highest BCUT2D eigenvalue weighted by molar-refractivity contribution is 5.77. The zero-order valence-corrected chi connectivity index (χ0v) is 14.6. The van der Waals surface area contributed by atoms with Crippen LogP contribution in [0.15, 0.2) is 24.3 Å². The molecule has 3 rings (SSSR count). The van der Waals surface area contributed by atoms with Gasteiger partial charge in [-0.1, -0.05) is 25.1 Å². The molecule has 24 heavy (non-hydrogen) atoms. The fourth-order valence-corrected chi connectivity index (χ4v) is 3.59. The van der Waals surface area contributed by atoms with E-state index in [0.717, 1.165) is 41.1 Å². The third-order valence-electron chi connectivity index (χ3n) is 4.69. The fourth-order valence-electron chi connectivity index (χ4n) is 3.59. The largest absolute Gasteiger partial charge is 0.493 e. The lowest BCUT2D eigenvalue weighted by Crippen LogP contribution is -2.29. The van der Waals surface area contributed by atoms with Gasteiger partial charge in [0, 0.05) is 17.7 Å². The van der Waals surface area contributed by atoms with Gasteiger partial charge in [0.05, 0.1) is 18.3 Å². The van der Waals surface area contributed by atoms with Crippen LogP contribution in [0.2, 0.25) is 0 Å². The van der Waals surface area contributed by atoms with Gasteiger partial charge in [-0.2, -0.15) is 5.10 Å². The van der Waals surface area contributed by atoms with E-state index in [2.05, 4.69) is 22.4 Å². The van der Waals surface area contributed by atoms with E-state index in [1.165, 1.54) is 0 Å². The number of para-hydroxylation sites is 1. The summed E-state index contributed by atoms with van der Waals surface area (Å²) in [6.45, 7) is 6.76. The van der Waals surface area contributed by atoms with Gasteiger partial charge >= 0.3 is 0 Å². The first-order valence-corrected chi connectivity index (χ1v) is 8.58. The van der Waals surface area contributed by atoms with Gasteiger partial charge in [0.15, 0.2) is 0 Å². The maximum Gasteiger partial charge on any atom is 0.221 e. The Bertz CT molecular complexity index is 704. The minimum atomic E-state index is 0.0231. The Morgan fingerprint density at radius 1 is 1.42 bits per heavy atom. The highest BCUT2D eigenvalue weighted by Gasteiger charge is 2.23. The van der Waals surface area contributed by atoms with Gasteiger partial charge in [-0.05, 0) is 44.2 Å². The van der Waals surface area contributed by atoms with Crippen molar-refractivity contribution in [1.82, 2.24) is 15.5 Å². The van der Waals surface area contributed by atoms with Crippen LogP contribution < -0.4 is 10.1 Å². The predicted molar refractivity (Wildman–Crippen MR) is 93.1 cm³/mol. The number of nitrogens with one attached hydrogen (secondary N) is 2. The van der Waals surface area contributed by atoms with E-state index in [9.17, 15) is 4.79 Å². The molecular weight excluding hydrogens is 302 g/mol. The van der Waals surface area contributed by atoms with Crippen molar-refractivity contribution in [3.8, 4) is 5.75 Å². The van der Waals surface area contributed by atoms with Crippen molar-refractivity contribution in [2.24, 2.45) is 0 Å². The summed E-state index contributed by atoms with van der Waals surface area (Å²) in [4.78, 5) is 12.6. The first-order chi connectivity index (χ1) is 11.6. The molecule has 0 unspecified atom stereocenters. The first-order valence-electron chi connectivity index (χ1n) is 8.58. The number of carbonyl (C=O) groups excluding carboxylic acids is 1. The van der Waals surface area contributed by atoms with E-state index in [1.54, 1.807) is 0 Å². The van der Waals surface area contributed by atoms with Crippen LogP contribution in [0, 0.1) is 13.8 Å². The van der Waals surface area contributed by atoms with Crippen LogP contribution in [0.3, 0.4) is 0 Å². The molecule has 1 amide bonds. The molecule has 0 spiro atoms. The van der Waals surface area contributed by atoms with Crippen LogP contribution in [0.4, 0.5) is 0 Å². The second-order valence-electron chi connectivity index (χ2n) is 6.60. The number of aryl methyl sites for hydroxylation is 2. The Morgan fingerprint density at radius 2 is 2.21 bits per heavy atom. The average molecular weight is 327 g/mol. The van der Waals surface area contributed by atoms with Crippen molar-refractivity contribution in [2.75, 3.05) is 6.61 Å². The van der Waals surface area contributed by atoms with Gasteiger partial charge < -0.3 is 10.1 Å². The SMILES string of the molecule is Cc1n[nH]c(C)c1[C@@H](C)CC(=O)N[C@H]1CCCOc2ccccc21. The quantitative estimate of drug-likeness (QED) is 0.902. The summed E-state index contributed by atoms with van der Waals surface area (Å²) in [5, 5.41) is 10.4.